The molecule has 4 aliphatic carbocycles. The molecule has 0 spiro atoms. The van der Waals surface area contributed by atoms with E-state index in [4.69, 9.17) is 0 Å². The zero-order chi connectivity index (χ0) is 21.0. The Bertz CT molecular complexity index is 672. The van der Waals surface area contributed by atoms with Gasteiger partial charge >= 0.3 is 0 Å². The fourth-order valence-electron chi connectivity index (χ4n) is 8.29. The van der Waals surface area contributed by atoms with E-state index in [1.54, 1.807) is 0 Å². The third-order valence-electron chi connectivity index (χ3n) is 10.8. The highest BCUT2D eigenvalue weighted by Crippen LogP contribution is 2.65. The molecule has 0 N–H and O–H groups in total. The largest absolute Gasteiger partial charge is 0.300 e. The van der Waals surface area contributed by atoms with Crippen LogP contribution in [0.25, 0.3) is 0 Å². The van der Waals surface area contributed by atoms with Crippen molar-refractivity contribution < 1.29 is 4.79 Å². The van der Waals surface area contributed by atoms with Crippen LogP contribution in [-0.2, 0) is 4.79 Å². The molecule has 2 fully saturated rings. The van der Waals surface area contributed by atoms with Gasteiger partial charge in [-0.1, -0.05) is 65.5 Å². The van der Waals surface area contributed by atoms with Crippen LogP contribution in [-0.4, -0.2) is 5.78 Å². The van der Waals surface area contributed by atoms with Crippen LogP contribution in [0.15, 0.2) is 11.1 Å². The highest BCUT2D eigenvalue weighted by atomic mass is 16.1. The molecule has 4 rings (SSSR count). The summed E-state index contributed by atoms with van der Waals surface area (Å²) in [5.41, 5.74) is 4.61. The van der Waals surface area contributed by atoms with E-state index in [9.17, 15) is 4.79 Å². The molecule has 0 aromatic carbocycles. The van der Waals surface area contributed by atoms with Crippen molar-refractivity contribution in [1.29, 1.82) is 0 Å². The lowest BCUT2D eigenvalue weighted by Crippen LogP contribution is -2.45. The summed E-state index contributed by atoms with van der Waals surface area (Å²) in [5.74, 6) is 5.47. The Morgan fingerprint density at radius 1 is 0.931 bits per heavy atom. The summed E-state index contributed by atoms with van der Waals surface area (Å²) in [4.78, 5) is 12.1. The number of carbonyl (C=O) groups excluding carboxylic acids is 1. The number of ketones is 1. The number of Topliss-reactive ketones (excluding diaryl/α,β-unsaturated/α-hetero) is 1. The summed E-state index contributed by atoms with van der Waals surface area (Å²) in [5, 5.41) is 0. The molecule has 0 aromatic heterocycles. The lowest BCUT2D eigenvalue weighted by Gasteiger charge is -2.54. The summed E-state index contributed by atoms with van der Waals surface area (Å²) in [6.07, 6.45) is 13.8. The van der Waals surface area contributed by atoms with Crippen LogP contribution in [0, 0.1) is 46.3 Å². The number of fused-ring (bicyclic) bond motifs is 4. The van der Waals surface area contributed by atoms with Crippen molar-refractivity contribution in [3.05, 3.63) is 11.1 Å². The summed E-state index contributed by atoms with van der Waals surface area (Å²) in [6.45, 7) is 15.0. The van der Waals surface area contributed by atoms with Crippen LogP contribution in [0.1, 0.15) is 112 Å². The van der Waals surface area contributed by atoms with Crippen molar-refractivity contribution in [3.63, 3.8) is 0 Å². The van der Waals surface area contributed by atoms with E-state index in [2.05, 4.69) is 41.5 Å². The van der Waals surface area contributed by atoms with Gasteiger partial charge in [-0.15, -0.1) is 0 Å². The Hall–Kier alpha value is -0.590. The molecule has 0 amide bonds. The smallest absolute Gasteiger partial charge is 0.133 e. The average Bonchev–Trinajstić information content (AvgIpc) is 3.03. The monoisotopic (exact) mass is 398 g/mol. The number of carbonyl (C=O) groups is 1. The molecule has 0 radical (unpaired) electrons. The summed E-state index contributed by atoms with van der Waals surface area (Å²) in [7, 11) is 0. The third-order valence-corrected chi connectivity index (χ3v) is 10.8. The van der Waals surface area contributed by atoms with Gasteiger partial charge in [-0.05, 0) is 91.3 Å². The lowest BCUT2D eigenvalue weighted by molar-refractivity contribution is -0.124. The molecule has 2 saturated carbocycles. The summed E-state index contributed by atoms with van der Waals surface area (Å²) in [6, 6.07) is 0. The van der Waals surface area contributed by atoms with Crippen molar-refractivity contribution in [2.45, 2.75) is 112 Å². The molecule has 0 heterocycles. The SMILES string of the molecule is CC(C)[C@@H](C)CC[C@@H](C)[C@@H]1CC[C@@H]2C3=C(CC[C@@]21C)[C@@]1(C)CCC(=O)C[C@@H]1CC3. The molecular weight excluding hydrogens is 352 g/mol. The van der Waals surface area contributed by atoms with Crippen LogP contribution < -0.4 is 0 Å². The first-order valence-electron chi connectivity index (χ1n) is 12.9. The van der Waals surface area contributed by atoms with Gasteiger partial charge in [0, 0.05) is 12.8 Å². The van der Waals surface area contributed by atoms with Crippen LogP contribution in [0.5, 0.6) is 0 Å². The van der Waals surface area contributed by atoms with Crippen LogP contribution in [0.3, 0.4) is 0 Å². The van der Waals surface area contributed by atoms with Crippen molar-refractivity contribution in [2.24, 2.45) is 46.3 Å². The minimum Gasteiger partial charge on any atom is -0.300 e. The van der Waals surface area contributed by atoms with E-state index in [-0.39, 0.29) is 0 Å². The van der Waals surface area contributed by atoms with E-state index in [0.717, 1.165) is 48.9 Å². The number of rotatable bonds is 5. The number of hydrogen-bond acceptors (Lipinski definition) is 1. The predicted molar refractivity (Wildman–Crippen MR) is 123 cm³/mol. The van der Waals surface area contributed by atoms with Gasteiger partial charge in [-0.3, -0.25) is 4.79 Å². The maximum absolute atomic E-state index is 12.1. The molecule has 164 valence electrons. The quantitative estimate of drug-likeness (QED) is 0.429. The second kappa shape index (κ2) is 7.83. The maximum atomic E-state index is 12.1. The van der Waals surface area contributed by atoms with Gasteiger partial charge in [-0.25, -0.2) is 0 Å². The molecule has 0 unspecified atom stereocenters. The lowest BCUT2D eigenvalue weighted by atomic mass is 9.50. The fraction of sp³-hybridized carbons (Fsp3) is 0.893. The van der Waals surface area contributed by atoms with Gasteiger partial charge in [0.05, 0.1) is 0 Å². The molecule has 0 saturated heterocycles. The zero-order valence-corrected chi connectivity index (χ0v) is 20.2. The third kappa shape index (κ3) is 3.57. The second-order valence-corrected chi connectivity index (χ2v) is 12.4. The Balaban J connectivity index is 1.53. The van der Waals surface area contributed by atoms with Gasteiger partial charge in [0.15, 0.2) is 0 Å². The number of allylic oxidation sites excluding steroid dienone is 2. The summed E-state index contributed by atoms with van der Waals surface area (Å²) < 4.78 is 0. The van der Waals surface area contributed by atoms with Gasteiger partial charge in [-0.2, -0.15) is 0 Å². The zero-order valence-electron chi connectivity index (χ0n) is 20.2. The highest BCUT2D eigenvalue weighted by molar-refractivity contribution is 5.80. The molecule has 7 atom stereocenters. The Morgan fingerprint density at radius 2 is 1.69 bits per heavy atom. The molecule has 29 heavy (non-hydrogen) atoms. The molecule has 0 aromatic rings. The maximum Gasteiger partial charge on any atom is 0.133 e. The topological polar surface area (TPSA) is 17.1 Å². The molecule has 1 heteroatoms. The average molecular weight is 399 g/mol. The van der Waals surface area contributed by atoms with Gasteiger partial charge < -0.3 is 0 Å². The Labute approximate surface area is 180 Å². The van der Waals surface area contributed by atoms with E-state index >= 15 is 0 Å². The minimum atomic E-state index is 0.346. The van der Waals surface area contributed by atoms with E-state index in [1.165, 1.54) is 51.4 Å². The minimum absolute atomic E-state index is 0.346. The highest BCUT2D eigenvalue weighted by Gasteiger charge is 2.55. The second-order valence-electron chi connectivity index (χ2n) is 12.4. The number of hydrogen-bond donors (Lipinski definition) is 0. The van der Waals surface area contributed by atoms with E-state index < -0.39 is 0 Å². The standard InChI is InChI=1S/C28H46O/c1-18(2)19(3)7-8-20(4)24-11-12-25-23-10-9-21-17-22(29)13-15-27(21,5)26(23)14-16-28(24,25)6/h18-21,24-25H,7-17H2,1-6H3/t19-,20+,21-,24-,25+,27-,28+/m0/s1. The fourth-order valence-corrected chi connectivity index (χ4v) is 8.29. The molecular formula is C28H46O. The Morgan fingerprint density at radius 3 is 2.41 bits per heavy atom. The van der Waals surface area contributed by atoms with Gasteiger partial charge in [0.1, 0.15) is 5.78 Å². The molecule has 0 aliphatic heterocycles. The van der Waals surface area contributed by atoms with Crippen molar-refractivity contribution >= 4 is 5.78 Å². The van der Waals surface area contributed by atoms with Gasteiger partial charge in [0.25, 0.3) is 0 Å². The normalized spacial score (nSPS) is 41.8. The van der Waals surface area contributed by atoms with Crippen molar-refractivity contribution in [3.8, 4) is 0 Å². The van der Waals surface area contributed by atoms with Gasteiger partial charge in [0.2, 0.25) is 0 Å². The molecule has 0 bridgehead atoms. The first kappa shape index (κ1) is 21.6. The first-order valence-corrected chi connectivity index (χ1v) is 12.9. The first-order chi connectivity index (χ1) is 13.7. The van der Waals surface area contributed by atoms with E-state index in [0.29, 0.717) is 22.5 Å². The van der Waals surface area contributed by atoms with Crippen LogP contribution in [0.2, 0.25) is 0 Å². The Kier molecular flexibility index (Phi) is 5.84. The molecule has 1 nitrogen and oxygen atoms in total. The van der Waals surface area contributed by atoms with E-state index in [1.807, 2.05) is 11.1 Å². The van der Waals surface area contributed by atoms with Crippen molar-refractivity contribution in [1.82, 2.24) is 0 Å². The van der Waals surface area contributed by atoms with Crippen molar-refractivity contribution in [2.75, 3.05) is 0 Å². The van der Waals surface area contributed by atoms with Crippen LogP contribution >= 0.6 is 0 Å². The predicted octanol–water partition coefficient (Wildman–Crippen LogP) is 7.99. The summed E-state index contributed by atoms with van der Waals surface area (Å²) >= 11 is 0. The van der Waals surface area contributed by atoms with Crippen LogP contribution in [0.4, 0.5) is 0 Å². The molecule has 4 aliphatic rings.